The highest BCUT2D eigenvalue weighted by Gasteiger charge is 2.21. The van der Waals surface area contributed by atoms with Gasteiger partial charge in [-0.2, -0.15) is 11.8 Å². The van der Waals surface area contributed by atoms with Crippen molar-refractivity contribution >= 4 is 17.4 Å². The van der Waals surface area contributed by atoms with Gasteiger partial charge in [-0.3, -0.25) is 0 Å². The Hall–Kier alpha value is -0.740. The maximum absolute atomic E-state index is 13.3. The lowest BCUT2D eigenvalue weighted by atomic mass is 10.1. The van der Waals surface area contributed by atoms with Crippen molar-refractivity contribution in [3.05, 3.63) is 29.6 Å². The van der Waals surface area contributed by atoms with Gasteiger partial charge >= 0.3 is 0 Å². The lowest BCUT2D eigenvalue weighted by Gasteiger charge is -2.36. The molecule has 1 aliphatic rings. The first kappa shape index (κ1) is 12.7. The second-order valence-corrected chi connectivity index (χ2v) is 5.58. The van der Waals surface area contributed by atoms with Crippen molar-refractivity contribution in [1.29, 1.82) is 0 Å². The van der Waals surface area contributed by atoms with E-state index in [9.17, 15) is 4.39 Å². The Bertz CT molecular complexity index is 384. The number of thioether (sulfide) groups is 1. The molecular formula is C13H19FN2S. The molecule has 1 aliphatic heterocycles. The summed E-state index contributed by atoms with van der Waals surface area (Å²) in [5, 5.41) is 0. The third-order valence-electron chi connectivity index (χ3n) is 3.13. The lowest BCUT2D eigenvalue weighted by molar-refractivity contribution is 0.623. The summed E-state index contributed by atoms with van der Waals surface area (Å²) in [7, 11) is 0. The molecule has 0 amide bonds. The molecule has 1 atom stereocenters. The predicted molar refractivity (Wildman–Crippen MR) is 73.3 cm³/mol. The second-order valence-electron chi connectivity index (χ2n) is 4.43. The van der Waals surface area contributed by atoms with Crippen molar-refractivity contribution in [2.45, 2.75) is 19.4 Å². The van der Waals surface area contributed by atoms with Crippen LogP contribution in [-0.2, 0) is 6.42 Å². The normalized spacial score (nSPS) is 20.6. The number of rotatable bonds is 3. The van der Waals surface area contributed by atoms with Crippen molar-refractivity contribution in [2.24, 2.45) is 5.73 Å². The Morgan fingerprint density at radius 1 is 1.53 bits per heavy atom. The van der Waals surface area contributed by atoms with Crippen LogP contribution in [0.5, 0.6) is 0 Å². The van der Waals surface area contributed by atoms with Gasteiger partial charge in [-0.25, -0.2) is 4.39 Å². The monoisotopic (exact) mass is 254 g/mol. The van der Waals surface area contributed by atoms with Crippen LogP contribution in [0.4, 0.5) is 10.1 Å². The fourth-order valence-electron chi connectivity index (χ4n) is 2.28. The Morgan fingerprint density at radius 3 is 3.06 bits per heavy atom. The smallest absolute Gasteiger partial charge is 0.123 e. The van der Waals surface area contributed by atoms with Crippen LogP contribution >= 0.6 is 11.8 Å². The summed E-state index contributed by atoms with van der Waals surface area (Å²) in [6.07, 6.45) is 0.740. The molecule has 0 bridgehead atoms. The molecule has 1 unspecified atom stereocenters. The Morgan fingerprint density at radius 2 is 2.35 bits per heavy atom. The third-order valence-corrected chi connectivity index (χ3v) is 4.32. The molecule has 94 valence electrons. The summed E-state index contributed by atoms with van der Waals surface area (Å²) in [6.45, 7) is 3.82. The van der Waals surface area contributed by atoms with Crippen LogP contribution in [0.3, 0.4) is 0 Å². The minimum atomic E-state index is -0.170. The van der Waals surface area contributed by atoms with Crippen LogP contribution in [0, 0.1) is 5.82 Å². The van der Waals surface area contributed by atoms with Gasteiger partial charge in [0.1, 0.15) is 5.82 Å². The van der Waals surface area contributed by atoms with Crippen LogP contribution in [0.1, 0.15) is 12.5 Å². The summed E-state index contributed by atoms with van der Waals surface area (Å²) in [6, 6.07) is 5.57. The van der Waals surface area contributed by atoms with Crippen molar-refractivity contribution in [1.82, 2.24) is 0 Å². The zero-order valence-corrected chi connectivity index (χ0v) is 11.0. The number of anilines is 1. The van der Waals surface area contributed by atoms with Gasteiger partial charge < -0.3 is 10.6 Å². The highest BCUT2D eigenvalue weighted by Crippen LogP contribution is 2.28. The number of hydrogen-bond acceptors (Lipinski definition) is 3. The summed E-state index contributed by atoms with van der Waals surface area (Å²) >= 11 is 1.98. The summed E-state index contributed by atoms with van der Waals surface area (Å²) in [4.78, 5) is 2.38. The van der Waals surface area contributed by atoms with Gasteiger partial charge in [0.05, 0.1) is 0 Å². The second kappa shape index (κ2) is 5.74. The quantitative estimate of drug-likeness (QED) is 0.897. The molecule has 0 aliphatic carbocycles. The largest absolute Gasteiger partial charge is 0.367 e. The Labute approximate surface area is 106 Å². The lowest BCUT2D eigenvalue weighted by Crippen LogP contribution is -2.41. The summed E-state index contributed by atoms with van der Waals surface area (Å²) in [5.41, 5.74) is 7.79. The number of halogens is 1. The van der Waals surface area contributed by atoms with E-state index in [1.807, 2.05) is 17.8 Å². The van der Waals surface area contributed by atoms with E-state index in [2.05, 4.69) is 11.8 Å². The van der Waals surface area contributed by atoms with Gasteiger partial charge in [-0.15, -0.1) is 0 Å². The average Bonchev–Trinajstić information content (AvgIpc) is 2.31. The number of nitrogens with two attached hydrogens (primary N) is 1. The molecule has 1 aromatic rings. The van der Waals surface area contributed by atoms with Crippen LogP contribution in [0.2, 0.25) is 0 Å². The minimum absolute atomic E-state index is 0.170. The topological polar surface area (TPSA) is 29.3 Å². The van der Waals surface area contributed by atoms with Gasteiger partial charge in [0.2, 0.25) is 0 Å². The van der Waals surface area contributed by atoms with Gasteiger partial charge in [-0.05, 0) is 43.7 Å². The van der Waals surface area contributed by atoms with E-state index < -0.39 is 0 Å². The SMILES string of the molecule is CC1CSCCN1c1ccc(F)cc1CCN. The molecule has 17 heavy (non-hydrogen) atoms. The van der Waals surface area contributed by atoms with Gasteiger partial charge in [0.15, 0.2) is 0 Å². The first-order chi connectivity index (χ1) is 8.22. The number of nitrogens with zero attached hydrogens (tertiary/aromatic N) is 1. The molecule has 0 radical (unpaired) electrons. The molecule has 0 aromatic heterocycles. The molecule has 2 nitrogen and oxygen atoms in total. The van der Waals surface area contributed by atoms with Gasteiger partial charge in [0, 0.05) is 29.8 Å². The van der Waals surface area contributed by atoms with Crippen LogP contribution < -0.4 is 10.6 Å². The molecule has 4 heteroatoms. The van der Waals surface area contributed by atoms with Crippen LogP contribution in [0.25, 0.3) is 0 Å². The molecule has 0 spiro atoms. The van der Waals surface area contributed by atoms with E-state index in [0.29, 0.717) is 12.6 Å². The van der Waals surface area contributed by atoms with Crippen molar-refractivity contribution < 1.29 is 4.39 Å². The van der Waals surface area contributed by atoms with Crippen LogP contribution in [-0.4, -0.2) is 30.6 Å². The highest BCUT2D eigenvalue weighted by atomic mass is 32.2. The maximum atomic E-state index is 13.3. The number of hydrogen-bond donors (Lipinski definition) is 1. The zero-order valence-electron chi connectivity index (χ0n) is 10.2. The van der Waals surface area contributed by atoms with E-state index in [1.54, 1.807) is 12.1 Å². The average molecular weight is 254 g/mol. The first-order valence-corrected chi connectivity index (χ1v) is 7.20. The fourth-order valence-corrected chi connectivity index (χ4v) is 3.29. The zero-order chi connectivity index (χ0) is 12.3. The maximum Gasteiger partial charge on any atom is 0.123 e. The molecule has 1 aromatic carbocycles. The van der Waals surface area contributed by atoms with Crippen LogP contribution in [0.15, 0.2) is 18.2 Å². The summed E-state index contributed by atoms with van der Waals surface area (Å²) in [5.74, 6) is 2.11. The molecule has 0 saturated carbocycles. The fraction of sp³-hybridized carbons (Fsp3) is 0.538. The number of benzene rings is 1. The van der Waals surface area contributed by atoms with E-state index >= 15 is 0 Å². The molecule has 1 saturated heterocycles. The van der Waals surface area contributed by atoms with E-state index in [0.717, 1.165) is 35.7 Å². The first-order valence-electron chi connectivity index (χ1n) is 6.05. The van der Waals surface area contributed by atoms with E-state index in [-0.39, 0.29) is 5.82 Å². The summed E-state index contributed by atoms with van der Waals surface area (Å²) < 4.78 is 13.3. The van der Waals surface area contributed by atoms with Crippen molar-refractivity contribution in [3.8, 4) is 0 Å². The van der Waals surface area contributed by atoms with Crippen molar-refractivity contribution in [3.63, 3.8) is 0 Å². The molecule has 2 rings (SSSR count). The third kappa shape index (κ3) is 2.93. The molecular weight excluding hydrogens is 235 g/mol. The van der Waals surface area contributed by atoms with Crippen molar-refractivity contribution in [2.75, 3.05) is 29.5 Å². The highest BCUT2D eigenvalue weighted by molar-refractivity contribution is 7.99. The standard InChI is InChI=1S/C13H19FN2S/c1-10-9-17-7-6-16(10)13-3-2-12(14)8-11(13)4-5-15/h2-3,8,10H,4-7,9,15H2,1H3. The minimum Gasteiger partial charge on any atom is -0.367 e. The predicted octanol–water partition coefficient (Wildman–Crippen LogP) is 2.27. The van der Waals surface area contributed by atoms with E-state index in [1.165, 1.54) is 0 Å². The van der Waals surface area contributed by atoms with E-state index in [4.69, 9.17) is 5.73 Å². The van der Waals surface area contributed by atoms with Gasteiger partial charge in [0.25, 0.3) is 0 Å². The Balaban J connectivity index is 2.29. The van der Waals surface area contributed by atoms with Gasteiger partial charge in [-0.1, -0.05) is 0 Å². The molecule has 2 N–H and O–H groups in total. The molecule has 1 heterocycles. The molecule has 1 fully saturated rings. The Kier molecular flexibility index (Phi) is 4.29.